The molecule has 0 radical (unpaired) electrons. The van der Waals surface area contributed by atoms with Gasteiger partial charge in [-0.1, -0.05) is 24.3 Å². The van der Waals surface area contributed by atoms with Gasteiger partial charge in [-0.25, -0.2) is 0 Å². The van der Waals surface area contributed by atoms with Gasteiger partial charge in [0.2, 0.25) is 0 Å². The Kier molecular flexibility index (Phi) is 4.02. The molecule has 0 aliphatic rings. The van der Waals surface area contributed by atoms with Crippen molar-refractivity contribution >= 4 is 22.2 Å². The van der Waals surface area contributed by atoms with Crippen LogP contribution in [-0.2, 0) is 10.1 Å². The summed E-state index contributed by atoms with van der Waals surface area (Å²) in [5.74, 6) is -0.472. The van der Waals surface area contributed by atoms with Crippen molar-refractivity contribution in [3.05, 3.63) is 64.7 Å². The van der Waals surface area contributed by atoms with Crippen molar-refractivity contribution in [2.75, 3.05) is 0 Å². The Labute approximate surface area is 122 Å². The van der Waals surface area contributed by atoms with E-state index in [0.29, 0.717) is 17.4 Å². The molecule has 2 aromatic carbocycles. The average molecular weight is 304 g/mol. The number of aldehydes is 1. The van der Waals surface area contributed by atoms with E-state index >= 15 is 0 Å². The highest BCUT2D eigenvalue weighted by Crippen LogP contribution is 2.20. The minimum Gasteiger partial charge on any atom is -0.298 e. The van der Waals surface area contributed by atoms with Crippen molar-refractivity contribution in [3.63, 3.8) is 0 Å². The van der Waals surface area contributed by atoms with E-state index in [9.17, 15) is 18.0 Å². The average Bonchev–Trinajstić information content (AvgIpc) is 2.45. The number of carbonyl (C=O) groups is 2. The molecule has 5 nitrogen and oxygen atoms in total. The molecule has 0 aliphatic heterocycles. The van der Waals surface area contributed by atoms with Crippen LogP contribution in [0.2, 0.25) is 0 Å². The fraction of sp³-hybridized carbons (Fsp3) is 0.0667. The number of aryl methyl sites for hydroxylation is 1. The van der Waals surface area contributed by atoms with Crippen LogP contribution in [0.15, 0.2) is 47.4 Å². The largest absolute Gasteiger partial charge is 0.298 e. The molecule has 0 heterocycles. The van der Waals surface area contributed by atoms with Gasteiger partial charge >= 0.3 is 0 Å². The smallest absolute Gasteiger partial charge is 0.294 e. The van der Waals surface area contributed by atoms with Gasteiger partial charge in [-0.15, -0.1) is 0 Å². The van der Waals surface area contributed by atoms with Crippen LogP contribution >= 0.6 is 0 Å². The van der Waals surface area contributed by atoms with Crippen LogP contribution in [0.25, 0.3) is 0 Å². The van der Waals surface area contributed by atoms with Crippen molar-refractivity contribution in [1.82, 2.24) is 0 Å². The molecular weight excluding hydrogens is 292 g/mol. The molecule has 0 aromatic heterocycles. The minimum atomic E-state index is -4.44. The maximum absolute atomic E-state index is 12.5. The molecule has 2 aromatic rings. The van der Waals surface area contributed by atoms with Crippen molar-refractivity contribution in [1.29, 1.82) is 0 Å². The Morgan fingerprint density at radius 3 is 2.33 bits per heavy atom. The summed E-state index contributed by atoms with van der Waals surface area (Å²) in [5.41, 5.74) is 1.08. The van der Waals surface area contributed by atoms with Crippen LogP contribution < -0.4 is 0 Å². The second-order valence-corrected chi connectivity index (χ2v) is 5.91. The normalized spacial score (nSPS) is 11.1. The summed E-state index contributed by atoms with van der Waals surface area (Å²) in [6, 6.07) is 10.0. The topological polar surface area (TPSA) is 88.5 Å². The molecule has 0 bridgehead atoms. The Morgan fingerprint density at radius 2 is 1.76 bits per heavy atom. The van der Waals surface area contributed by atoms with Gasteiger partial charge in [0.15, 0.2) is 12.1 Å². The zero-order valence-electron chi connectivity index (χ0n) is 11.1. The monoisotopic (exact) mass is 304 g/mol. The van der Waals surface area contributed by atoms with Gasteiger partial charge in [0.05, 0.1) is 4.90 Å². The van der Waals surface area contributed by atoms with Crippen molar-refractivity contribution in [2.45, 2.75) is 11.8 Å². The first kappa shape index (κ1) is 15.1. The van der Waals surface area contributed by atoms with Crippen molar-refractivity contribution < 1.29 is 22.6 Å². The first-order chi connectivity index (χ1) is 9.84. The van der Waals surface area contributed by atoms with Crippen LogP contribution in [0, 0.1) is 6.92 Å². The second-order valence-electron chi connectivity index (χ2n) is 4.49. The van der Waals surface area contributed by atoms with Crippen LogP contribution in [-0.4, -0.2) is 25.0 Å². The van der Waals surface area contributed by atoms with E-state index in [2.05, 4.69) is 0 Å². The molecule has 0 unspecified atom stereocenters. The molecule has 0 spiro atoms. The molecule has 0 saturated heterocycles. The van der Waals surface area contributed by atoms with Crippen molar-refractivity contribution in [2.24, 2.45) is 0 Å². The number of carbonyl (C=O) groups excluding carboxylic acids is 2. The van der Waals surface area contributed by atoms with Crippen LogP contribution in [0.1, 0.15) is 31.8 Å². The maximum Gasteiger partial charge on any atom is 0.294 e. The van der Waals surface area contributed by atoms with E-state index in [4.69, 9.17) is 4.55 Å². The lowest BCUT2D eigenvalue weighted by Gasteiger charge is -2.08. The lowest BCUT2D eigenvalue weighted by molar-refractivity contribution is 0.102. The SMILES string of the molecule is Cc1ccccc1C(=O)c1cc(S(=O)(=O)O)ccc1C=O. The van der Waals surface area contributed by atoms with Gasteiger partial charge in [-0.2, -0.15) is 8.42 Å². The van der Waals surface area contributed by atoms with Gasteiger partial charge in [-0.05, 0) is 30.7 Å². The predicted molar refractivity (Wildman–Crippen MR) is 76.3 cm³/mol. The van der Waals surface area contributed by atoms with Gasteiger partial charge in [0.25, 0.3) is 10.1 Å². The van der Waals surface area contributed by atoms with E-state index in [1.54, 1.807) is 31.2 Å². The number of rotatable bonds is 4. The molecule has 21 heavy (non-hydrogen) atoms. The van der Waals surface area contributed by atoms with Crippen LogP contribution in [0.4, 0.5) is 0 Å². The third-order valence-corrected chi connectivity index (χ3v) is 3.93. The highest BCUT2D eigenvalue weighted by atomic mass is 32.2. The summed E-state index contributed by atoms with van der Waals surface area (Å²) in [6.07, 6.45) is 0.472. The van der Waals surface area contributed by atoms with Gasteiger partial charge in [0.1, 0.15) is 0 Å². The first-order valence-corrected chi connectivity index (χ1v) is 7.45. The summed E-state index contributed by atoms with van der Waals surface area (Å²) in [5, 5.41) is 0. The number of ketones is 1. The molecule has 6 heteroatoms. The highest BCUT2D eigenvalue weighted by Gasteiger charge is 2.19. The lowest BCUT2D eigenvalue weighted by Crippen LogP contribution is -2.09. The Balaban J connectivity index is 2.65. The van der Waals surface area contributed by atoms with E-state index in [1.807, 2.05) is 0 Å². The lowest BCUT2D eigenvalue weighted by atomic mass is 9.96. The summed E-state index contributed by atoms with van der Waals surface area (Å²) >= 11 is 0. The first-order valence-electron chi connectivity index (χ1n) is 6.01. The standard InChI is InChI=1S/C15H12O5S/c1-10-4-2-3-5-13(10)15(17)14-8-12(21(18,19)20)7-6-11(14)9-16/h2-9H,1H3,(H,18,19,20). The quantitative estimate of drug-likeness (QED) is 0.532. The second kappa shape index (κ2) is 5.59. The van der Waals surface area contributed by atoms with Gasteiger partial charge in [-0.3, -0.25) is 14.1 Å². The van der Waals surface area contributed by atoms with Crippen LogP contribution in [0.3, 0.4) is 0 Å². The molecular formula is C15H12O5S. The molecule has 108 valence electrons. The van der Waals surface area contributed by atoms with E-state index in [0.717, 1.165) is 12.1 Å². The molecule has 2 rings (SSSR count). The number of hydrogen-bond donors (Lipinski definition) is 1. The Morgan fingerprint density at radius 1 is 1.10 bits per heavy atom. The zero-order valence-corrected chi connectivity index (χ0v) is 11.9. The zero-order chi connectivity index (χ0) is 15.6. The molecule has 0 amide bonds. The predicted octanol–water partition coefficient (Wildman–Crippen LogP) is 2.29. The van der Waals surface area contributed by atoms with E-state index < -0.39 is 20.8 Å². The molecule has 0 fully saturated rings. The maximum atomic E-state index is 12.5. The van der Waals surface area contributed by atoms with Crippen molar-refractivity contribution in [3.8, 4) is 0 Å². The van der Waals surface area contributed by atoms with Gasteiger partial charge in [0, 0.05) is 16.7 Å². The summed E-state index contributed by atoms with van der Waals surface area (Å²) < 4.78 is 31.4. The molecule has 0 aliphatic carbocycles. The molecule has 1 N–H and O–H groups in total. The van der Waals surface area contributed by atoms with E-state index in [1.165, 1.54) is 6.07 Å². The summed E-state index contributed by atoms with van der Waals surface area (Å²) in [7, 11) is -4.44. The fourth-order valence-electron chi connectivity index (χ4n) is 1.97. The van der Waals surface area contributed by atoms with Gasteiger partial charge < -0.3 is 0 Å². The van der Waals surface area contributed by atoms with E-state index in [-0.39, 0.29) is 11.1 Å². The Hall–Kier alpha value is -2.31. The minimum absolute atomic E-state index is 0.0607. The summed E-state index contributed by atoms with van der Waals surface area (Å²) in [4.78, 5) is 23.1. The third kappa shape index (κ3) is 3.07. The number of benzene rings is 2. The number of hydrogen-bond acceptors (Lipinski definition) is 4. The molecule has 0 atom stereocenters. The third-order valence-electron chi connectivity index (χ3n) is 3.08. The molecule has 0 saturated carbocycles. The van der Waals surface area contributed by atoms with Crippen LogP contribution in [0.5, 0.6) is 0 Å². The summed E-state index contributed by atoms with van der Waals surface area (Å²) in [6.45, 7) is 1.74. The fourth-order valence-corrected chi connectivity index (χ4v) is 2.47. The highest BCUT2D eigenvalue weighted by molar-refractivity contribution is 7.85. The Bertz CT molecular complexity index is 822.